The molecule has 31 heavy (non-hydrogen) atoms. The number of carbonyl (C=O) groups is 1. The average Bonchev–Trinajstić information content (AvgIpc) is 3.47. The van der Waals surface area contributed by atoms with E-state index in [1.54, 1.807) is 36.8 Å². The lowest BCUT2D eigenvalue weighted by atomic mass is 10.1. The topological polar surface area (TPSA) is 83.8 Å². The van der Waals surface area contributed by atoms with Crippen LogP contribution in [0.15, 0.2) is 91.5 Å². The maximum atomic E-state index is 11.5. The first kappa shape index (κ1) is 18.4. The van der Waals surface area contributed by atoms with E-state index in [1.165, 1.54) is 0 Å². The Kier molecular flexibility index (Phi) is 4.35. The third-order valence-electron chi connectivity index (χ3n) is 5.27. The second kappa shape index (κ2) is 7.32. The van der Waals surface area contributed by atoms with Crippen molar-refractivity contribution < 1.29 is 9.90 Å². The quantitative estimate of drug-likeness (QED) is 0.454. The molecule has 2 heterocycles. The summed E-state index contributed by atoms with van der Waals surface area (Å²) in [6.07, 6.45) is 5.36. The van der Waals surface area contributed by atoms with Gasteiger partial charge >= 0.3 is 5.97 Å². The van der Waals surface area contributed by atoms with Gasteiger partial charge < -0.3 is 14.2 Å². The Hall–Kier alpha value is -4.63. The van der Waals surface area contributed by atoms with Crippen molar-refractivity contribution in [3.63, 3.8) is 0 Å². The van der Waals surface area contributed by atoms with E-state index in [1.807, 2.05) is 63.9 Å². The Morgan fingerprint density at radius 2 is 1.68 bits per heavy atom. The fourth-order valence-corrected chi connectivity index (χ4v) is 3.73. The molecule has 0 fully saturated rings. The maximum absolute atomic E-state index is 11.5. The minimum absolute atomic E-state index is 0.225. The standard InChI is InChI=1S/C25H16N4O2/c26-15-17-1-7-22(8-2-17)29-23(13-19-3-4-20(25(30)31)14-24(19)29)18-5-9-21(10-6-18)28-12-11-27-16-28/h1-14,16H,(H,30,31). The van der Waals surface area contributed by atoms with Crippen LogP contribution in [0.4, 0.5) is 0 Å². The molecular weight excluding hydrogens is 388 g/mol. The van der Waals surface area contributed by atoms with E-state index in [2.05, 4.69) is 11.1 Å². The Morgan fingerprint density at radius 3 is 2.32 bits per heavy atom. The first-order valence-corrected chi connectivity index (χ1v) is 9.62. The average molecular weight is 404 g/mol. The van der Waals surface area contributed by atoms with E-state index in [9.17, 15) is 9.90 Å². The van der Waals surface area contributed by atoms with Gasteiger partial charge in [-0.2, -0.15) is 5.26 Å². The summed E-state index contributed by atoms with van der Waals surface area (Å²) in [7, 11) is 0. The van der Waals surface area contributed by atoms with Gasteiger partial charge in [0.1, 0.15) is 0 Å². The molecule has 5 rings (SSSR count). The van der Waals surface area contributed by atoms with E-state index < -0.39 is 5.97 Å². The van der Waals surface area contributed by atoms with Crippen LogP contribution in [0.3, 0.4) is 0 Å². The molecule has 2 aromatic heterocycles. The monoisotopic (exact) mass is 404 g/mol. The SMILES string of the molecule is N#Cc1ccc(-n2c(-c3ccc(-n4ccnc4)cc3)cc3ccc(C(=O)O)cc32)cc1. The highest BCUT2D eigenvalue weighted by Crippen LogP contribution is 2.33. The van der Waals surface area contributed by atoms with Gasteiger partial charge in [0.25, 0.3) is 0 Å². The van der Waals surface area contributed by atoms with Crippen LogP contribution in [-0.4, -0.2) is 25.2 Å². The van der Waals surface area contributed by atoms with E-state index in [0.29, 0.717) is 5.56 Å². The number of imidazole rings is 1. The highest BCUT2D eigenvalue weighted by Gasteiger charge is 2.15. The van der Waals surface area contributed by atoms with Crippen LogP contribution in [0.2, 0.25) is 0 Å². The van der Waals surface area contributed by atoms with Crippen molar-refractivity contribution in [1.82, 2.24) is 14.1 Å². The summed E-state index contributed by atoms with van der Waals surface area (Å²) in [6.45, 7) is 0. The van der Waals surface area contributed by atoms with Crippen LogP contribution < -0.4 is 0 Å². The van der Waals surface area contributed by atoms with Gasteiger partial charge in [-0.25, -0.2) is 9.78 Å². The third kappa shape index (κ3) is 3.24. The Bertz CT molecular complexity index is 1440. The second-order valence-electron chi connectivity index (χ2n) is 7.12. The molecule has 0 amide bonds. The summed E-state index contributed by atoms with van der Waals surface area (Å²) in [4.78, 5) is 15.6. The molecule has 0 bridgehead atoms. The molecule has 5 aromatic rings. The van der Waals surface area contributed by atoms with Crippen LogP contribution in [0, 0.1) is 11.3 Å². The molecular formula is C25H16N4O2. The molecule has 0 unspecified atom stereocenters. The number of carboxylic acids is 1. The first-order valence-electron chi connectivity index (χ1n) is 9.62. The summed E-state index contributed by atoms with van der Waals surface area (Å²) < 4.78 is 3.95. The number of fused-ring (bicyclic) bond motifs is 1. The van der Waals surface area contributed by atoms with Gasteiger partial charge in [-0.1, -0.05) is 18.2 Å². The molecule has 6 nitrogen and oxygen atoms in total. The lowest BCUT2D eigenvalue weighted by Crippen LogP contribution is -2.00. The third-order valence-corrected chi connectivity index (χ3v) is 5.27. The zero-order valence-electron chi connectivity index (χ0n) is 16.3. The molecule has 0 saturated carbocycles. The summed E-state index contributed by atoms with van der Waals surface area (Å²) in [5.74, 6) is -0.972. The van der Waals surface area contributed by atoms with Gasteiger partial charge in [-0.05, 0) is 60.2 Å². The van der Waals surface area contributed by atoms with Gasteiger partial charge in [0.15, 0.2) is 0 Å². The number of benzene rings is 3. The largest absolute Gasteiger partial charge is 0.478 e. The molecule has 0 atom stereocenters. The van der Waals surface area contributed by atoms with Crippen molar-refractivity contribution in [3.05, 3.63) is 103 Å². The number of nitrogens with zero attached hydrogens (tertiary/aromatic N) is 4. The summed E-state index contributed by atoms with van der Waals surface area (Å²) >= 11 is 0. The molecule has 0 aliphatic rings. The molecule has 148 valence electrons. The zero-order valence-corrected chi connectivity index (χ0v) is 16.3. The maximum Gasteiger partial charge on any atom is 0.335 e. The van der Waals surface area contributed by atoms with Gasteiger partial charge in [0.05, 0.1) is 34.7 Å². The predicted molar refractivity (Wildman–Crippen MR) is 118 cm³/mol. The lowest BCUT2D eigenvalue weighted by Gasteiger charge is -2.12. The van der Waals surface area contributed by atoms with Gasteiger partial charge in [0, 0.05) is 29.2 Å². The number of rotatable bonds is 4. The van der Waals surface area contributed by atoms with Crippen molar-refractivity contribution in [2.24, 2.45) is 0 Å². The zero-order chi connectivity index (χ0) is 21.4. The minimum Gasteiger partial charge on any atom is -0.478 e. The summed E-state index contributed by atoms with van der Waals surface area (Å²) in [6, 6.07) is 24.6. The van der Waals surface area contributed by atoms with Crippen LogP contribution in [0.25, 0.3) is 33.5 Å². The number of hydrogen-bond donors (Lipinski definition) is 1. The Balaban J connectivity index is 1.71. The summed E-state index contributed by atoms with van der Waals surface area (Å²) in [5.41, 5.74) is 5.35. The molecule has 0 aliphatic heterocycles. The highest BCUT2D eigenvalue weighted by atomic mass is 16.4. The van der Waals surface area contributed by atoms with Crippen LogP contribution in [0.5, 0.6) is 0 Å². The predicted octanol–water partition coefficient (Wildman–Crippen LogP) is 5.05. The van der Waals surface area contributed by atoms with Crippen molar-refractivity contribution >= 4 is 16.9 Å². The molecule has 1 N–H and O–H groups in total. The molecule has 0 radical (unpaired) electrons. The Labute approximate surface area is 177 Å². The number of hydrogen-bond acceptors (Lipinski definition) is 3. The van der Waals surface area contributed by atoms with Crippen molar-refractivity contribution in [1.29, 1.82) is 5.26 Å². The van der Waals surface area contributed by atoms with E-state index >= 15 is 0 Å². The molecule has 6 heteroatoms. The van der Waals surface area contributed by atoms with Crippen molar-refractivity contribution in [3.8, 4) is 28.7 Å². The fraction of sp³-hybridized carbons (Fsp3) is 0. The van der Waals surface area contributed by atoms with Gasteiger partial charge in [0.2, 0.25) is 0 Å². The lowest BCUT2D eigenvalue weighted by molar-refractivity contribution is 0.0697. The minimum atomic E-state index is -0.972. The number of nitriles is 1. The fourth-order valence-electron chi connectivity index (χ4n) is 3.73. The first-order chi connectivity index (χ1) is 15.1. The normalized spacial score (nSPS) is 10.8. The molecule has 3 aromatic carbocycles. The Morgan fingerprint density at radius 1 is 0.935 bits per heavy atom. The number of aromatic carboxylic acids is 1. The van der Waals surface area contributed by atoms with Crippen molar-refractivity contribution in [2.45, 2.75) is 0 Å². The summed E-state index contributed by atoms with van der Waals surface area (Å²) in [5, 5.41) is 19.5. The van der Waals surface area contributed by atoms with E-state index in [-0.39, 0.29) is 5.56 Å². The molecule has 0 saturated heterocycles. The van der Waals surface area contributed by atoms with Gasteiger partial charge in [-0.3, -0.25) is 0 Å². The molecule has 0 spiro atoms. The van der Waals surface area contributed by atoms with E-state index in [4.69, 9.17) is 5.26 Å². The second-order valence-corrected chi connectivity index (χ2v) is 7.12. The van der Waals surface area contributed by atoms with Crippen LogP contribution in [-0.2, 0) is 0 Å². The van der Waals surface area contributed by atoms with Crippen LogP contribution >= 0.6 is 0 Å². The number of carboxylic acid groups (broad SMARTS) is 1. The van der Waals surface area contributed by atoms with E-state index in [0.717, 1.165) is 33.5 Å². The highest BCUT2D eigenvalue weighted by molar-refractivity contribution is 5.96. The van der Waals surface area contributed by atoms with Gasteiger partial charge in [-0.15, -0.1) is 0 Å². The number of aromatic nitrogens is 3. The van der Waals surface area contributed by atoms with Crippen LogP contribution in [0.1, 0.15) is 15.9 Å². The van der Waals surface area contributed by atoms with Crippen molar-refractivity contribution in [2.75, 3.05) is 0 Å². The smallest absolute Gasteiger partial charge is 0.335 e. The molecule has 0 aliphatic carbocycles.